The number of carbonyl (C=O) groups excluding carboxylic acids is 2. The highest BCUT2D eigenvalue weighted by atomic mass is 32.2. The van der Waals surface area contributed by atoms with E-state index < -0.39 is 0 Å². The third-order valence-electron chi connectivity index (χ3n) is 3.12. The summed E-state index contributed by atoms with van der Waals surface area (Å²) < 4.78 is 0. The van der Waals surface area contributed by atoms with Gasteiger partial charge >= 0.3 is 0 Å². The van der Waals surface area contributed by atoms with Crippen molar-refractivity contribution in [1.82, 2.24) is 0 Å². The molecule has 0 unspecified atom stereocenters. The largest absolute Gasteiger partial charge is 0.281 e. The first-order valence-electron chi connectivity index (χ1n) is 7.21. The van der Waals surface area contributed by atoms with Crippen LogP contribution in [-0.2, 0) is 9.59 Å². The first kappa shape index (κ1) is 16.8. The second kappa shape index (κ2) is 8.20. The molecule has 4 heteroatoms. The van der Waals surface area contributed by atoms with Gasteiger partial charge in [-0.3, -0.25) is 9.59 Å². The van der Waals surface area contributed by atoms with E-state index in [2.05, 4.69) is 0 Å². The maximum absolute atomic E-state index is 12.2. The van der Waals surface area contributed by atoms with Gasteiger partial charge < -0.3 is 0 Å². The van der Waals surface area contributed by atoms with Gasteiger partial charge in [-0.2, -0.15) is 0 Å². The van der Waals surface area contributed by atoms with E-state index in [-0.39, 0.29) is 15.8 Å². The molecule has 0 aromatic carbocycles. The van der Waals surface area contributed by atoms with Gasteiger partial charge in [0.25, 0.3) is 0 Å². The van der Waals surface area contributed by atoms with Crippen LogP contribution in [0, 0.1) is 0 Å². The van der Waals surface area contributed by atoms with Gasteiger partial charge in [-0.15, -0.1) is 0 Å². The molecule has 0 atom stereocenters. The predicted molar refractivity (Wildman–Crippen MR) is 97.3 cm³/mol. The molecule has 0 saturated heterocycles. The molecule has 0 aliphatic heterocycles. The summed E-state index contributed by atoms with van der Waals surface area (Å²) in [5.41, 5.74) is 3.34. The SMILES string of the molecule is CCSC(=O)C(=Cc1ccc2cccccc1-2)C(=O)SCC. The summed E-state index contributed by atoms with van der Waals surface area (Å²) in [6, 6.07) is 13.9. The molecule has 0 saturated carbocycles. The number of carbonyl (C=O) groups is 2. The number of thioether (sulfide) groups is 2. The van der Waals surface area contributed by atoms with Gasteiger partial charge in [0.05, 0.1) is 5.57 Å². The molecule has 22 heavy (non-hydrogen) atoms. The van der Waals surface area contributed by atoms with E-state index in [0.717, 1.165) is 16.7 Å². The lowest BCUT2D eigenvalue weighted by Gasteiger charge is -2.04. The monoisotopic (exact) mass is 330 g/mol. The molecule has 0 bridgehead atoms. The first-order valence-corrected chi connectivity index (χ1v) is 9.18. The zero-order chi connectivity index (χ0) is 15.9. The Morgan fingerprint density at radius 3 is 2.18 bits per heavy atom. The van der Waals surface area contributed by atoms with Crippen LogP contribution in [0.1, 0.15) is 19.4 Å². The van der Waals surface area contributed by atoms with Crippen molar-refractivity contribution in [2.45, 2.75) is 13.8 Å². The molecule has 0 N–H and O–H groups in total. The number of fused-ring (bicyclic) bond motifs is 1. The maximum atomic E-state index is 12.2. The Morgan fingerprint density at radius 2 is 1.55 bits per heavy atom. The lowest BCUT2D eigenvalue weighted by molar-refractivity contribution is -0.112. The molecule has 2 rings (SSSR count). The van der Waals surface area contributed by atoms with E-state index in [1.807, 2.05) is 56.3 Å². The van der Waals surface area contributed by atoms with Crippen molar-refractivity contribution in [2.75, 3.05) is 11.5 Å². The molecule has 0 spiro atoms. The normalized spacial score (nSPS) is 10.5. The van der Waals surface area contributed by atoms with Gasteiger partial charge in [0.1, 0.15) is 0 Å². The summed E-state index contributed by atoms with van der Waals surface area (Å²) in [5, 5.41) is -0.300. The Bertz CT molecular complexity index is 657. The predicted octanol–water partition coefficient (Wildman–Crippen LogP) is 4.73. The number of hydrogen-bond acceptors (Lipinski definition) is 4. The third-order valence-corrected chi connectivity index (χ3v) is 4.66. The molecule has 0 amide bonds. The van der Waals surface area contributed by atoms with Crippen LogP contribution in [0.25, 0.3) is 17.2 Å². The standard InChI is InChI=1S/C18H18O2S2/c1-3-21-17(19)16(18(20)22-4-2)12-14-11-10-13-8-6-5-7-9-15(13)14/h5-12H,3-4H2,1-2H3. The summed E-state index contributed by atoms with van der Waals surface area (Å²) >= 11 is 2.35. The van der Waals surface area contributed by atoms with Crippen molar-refractivity contribution in [3.05, 3.63) is 53.6 Å². The Labute approximate surface area is 139 Å². The van der Waals surface area contributed by atoms with Gasteiger partial charge in [0.15, 0.2) is 0 Å². The Morgan fingerprint density at radius 1 is 0.909 bits per heavy atom. The van der Waals surface area contributed by atoms with Crippen molar-refractivity contribution in [1.29, 1.82) is 0 Å². The van der Waals surface area contributed by atoms with Crippen LogP contribution in [0.4, 0.5) is 0 Å². The molecule has 0 aromatic rings. The molecule has 2 aliphatic rings. The van der Waals surface area contributed by atoms with E-state index in [9.17, 15) is 9.59 Å². The average Bonchev–Trinajstić information content (AvgIpc) is 2.72. The first-order chi connectivity index (χ1) is 10.7. The highest BCUT2D eigenvalue weighted by Gasteiger charge is 2.19. The Balaban J connectivity index is 2.44. The van der Waals surface area contributed by atoms with Gasteiger partial charge in [0.2, 0.25) is 10.2 Å². The fourth-order valence-electron chi connectivity index (χ4n) is 2.14. The van der Waals surface area contributed by atoms with E-state index in [1.165, 1.54) is 23.5 Å². The van der Waals surface area contributed by atoms with Crippen molar-refractivity contribution in [3.8, 4) is 11.1 Å². The summed E-state index contributed by atoms with van der Waals surface area (Å²) in [6.07, 6.45) is 1.73. The quantitative estimate of drug-likeness (QED) is 0.451. The number of hydrogen-bond donors (Lipinski definition) is 0. The lowest BCUT2D eigenvalue weighted by atomic mass is 10.1. The van der Waals surface area contributed by atoms with Crippen LogP contribution in [0.2, 0.25) is 0 Å². The van der Waals surface area contributed by atoms with E-state index >= 15 is 0 Å². The van der Waals surface area contributed by atoms with Crippen molar-refractivity contribution in [2.24, 2.45) is 0 Å². The van der Waals surface area contributed by atoms with Crippen molar-refractivity contribution < 1.29 is 9.59 Å². The zero-order valence-corrected chi connectivity index (χ0v) is 14.3. The fraction of sp³-hybridized carbons (Fsp3) is 0.222. The molecular weight excluding hydrogens is 312 g/mol. The van der Waals surface area contributed by atoms with Gasteiger partial charge in [0, 0.05) is 0 Å². The van der Waals surface area contributed by atoms with Gasteiger partial charge in [-0.1, -0.05) is 79.8 Å². The molecule has 2 nitrogen and oxygen atoms in total. The van der Waals surface area contributed by atoms with Crippen LogP contribution in [0.15, 0.2) is 48.0 Å². The molecule has 0 fully saturated rings. The Hall–Kier alpha value is -1.52. The highest BCUT2D eigenvalue weighted by molar-refractivity contribution is 8.16. The zero-order valence-electron chi connectivity index (χ0n) is 12.7. The molecule has 114 valence electrons. The second-order valence-electron chi connectivity index (χ2n) is 4.57. The third kappa shape index (κ3) is 4.02. The molecule has 2 aliphatic carbocycles. The molecular formula is C18H18O2S2. The summed E-state index contributed by atoms with van der Waals surface area (Å²) in [7, 11) is 0. The summed E-state index contributed by atoms with van der Waals surface area (Å²) in [6.45, 7) is 3.82. The minimum Gasteiger partial charge on any atom is -0.281 e. The summed E-state index contributed by atoms with van der Waals surface area (Å²) in [4.78, 5) is 24.5. The minimum atomic E-state index is -0.150. The Kier molecular flexibility index (Phi) is 6.28. The van der Waals surface area contributed by atoms with E-state index in [1.54, 1.807) is 6.08 Å². The second-order valence-corrected chi connectivity index (χ2v) is 7.04. The average molecular weight is 330 g/mol. The molecule has 0 heterocycles. The van der Waals surface area contributed by atoms with E-state index in [0.29, 0.717) is 11.5 Å². The van der Waals surface area contributed by atoms with Crippen molar-refractivity contribution in [3.63, 3.8) is 0 Å². The van der Waals surface area contributed by atoms with Crippen LogP contribution in [0.5, 0.6) is 0 Å². The van der Waals surface area contributed by atoms with Gasteiger partial charge in [-0.25, -0.2) is 0 Å². The molecule has 0 aromatic heterocycles. The fourth-order valence-corrected chi connectivity index (χ4v) is 3.34. The highest BCUT2D eigenvalue weighted by Crippen LogP contribution is 2.30. The van der Waals surface area contributed by atoms with Crippen LogP contribution >= 0.6 is 23.5 Å². The smallest absolute Gasteiger partial charge is 0.223 e. The van der Waals surface area contributed by atoms with Crippen LogP contribution in [0.3, 0.4) is 0 Å². The maximum Gasteiger partial charge on any atom is 0.223 e. The topological polar surface area (TPSA) is 34.1 Å². The minimum absolute atomic E-state index is 0.150. The van der Waals surface area contributed by atoms with E-state index in [4.69, 9.17) is 0 Å². The summed E-state index contributed by atoms with van der Waals surface area (Å²) in [5.74, 6) is 1.33. The number of rotatable bonds is 5. The van der Waals surface area contributed by atoms with Crippen LogP contribution < -0.4 is 0 Å². The van der Waals surface area contributed by atoms with Crippen molar-refractivity contribution >= 4 is 39.8 Å². The van der Waals surface area contributed by atoms with Gasteiger partial charge in [-0.05, 0) is 34.3 Å². The lowest BCUT2D eigenvalue weighted by Crippen LogP contribution is -2.07. The molecule has 0 radical (unpaired) electrons. The van der Waals surface area contributed by atoms with Crippen LogP contribution in [-0.4, -0.2) is 21.7 Å².